The summed E-state index contributed by atoms with van der Waals surface area (Å²) < 4.78 is 1.57. The zero-order valence-corrected chi connectivity index (χ0v) is 13.7. The Morgan fingerprint density at radius 1 is 1.29 bits per heavy atom. The molecule has 1 aliphatic rings. The van der Waals surface area contributed by atoms with Gasteiger partial charge >= 0.3 is 0 Å². The van der Waals surface area contributed by atoms with Crippen molar-refractivity contribution in [3.05, 3.63) is 48.0 Å². The Morgan fingerprint density at radius 3 is 3.00 bits per heavy atom. The largest absolute Gasteiger partial charge is 0.398 e. The first-order valence-corrected chi connectivity index (χ1v) is 7.56. The number of nitrogens with zero attached hydrogens (tertiary/aromatic N) is 5. The number of anilines is 2. The number of aromatic nitrogens is 4. The second kappa shape index (κ2) is 6.45. The molecule has 0 fully saturated rings. The molecule has 0 bridgehead atoms. The molecule has 1 aliphatic heterocycles. The fourth-order valence-electron chi connectivity index (χ4n) is 2.99. The van der Waals surface area contributed by atoms with Crippen LogP contribution in [0.15, 0.2) is 36.7 Å². The quantitative estimate of drug-likeness (QED) is 0.714. The number of halogens is 1. The fourth-order valence-corrected chi connectivity index (χ4v) is 2.99. The summed E-state index contributed by atoms with van der Waals surface area (Å²) in [5, 5.41) is 4.29. The van der Waals surface area contributed by atoms with Crippen molar-refractivity contribution >= 4 is 35.5 Å². The highest BCUT2D eigenvalue weighted by molar-refractivity contribution is 5.96. The standard InChI is InChI=1S/C16H16N6O.ClH/c17-12-5-1-6-13-11(12)4-2-8-21(13)15(23)10-14-19-16-18-7-3-9-22(16)20-14;/h1,3,5-7,9H,2,4,8,10,17H2;1H. The molecule has 2 N–H and O–H groups in total. The van der Waals surface area contributed by atoms with Gasteiger partial charge in [-0.3, -0.25) is 4.79 Å². The lowest BCUT2D eigenvalue weighted by atomic mass is 9.99. The number of rotatable bonds is 2. The first-order chi connectivity index (χ1) is 11.2. The van der Waals surface area contributed by atoms with Crippen LogP contribution in [0, 0.1) is 0 Å². The SMILES string of the molecule is Cl.Nc1cccc2c1CCCN2C(=O)Cc1nc2ncccn2n1. The fraction of sp³-hybridized carbons (Fsp3) is 0.250. The summed E-state index contributed by atoms with van der Waals surface area (Å²) in [6.07, 6.45) is 5.38. The van der Waals surface area contributed by atoms with E-state index in [1.807, 2.05) is 18.2 Å². The molecule has 0 saturated heterocycles. The van der Waals surface area contributed by atoms with Gasteiger partial charge in [-0.1, -0.05) is 6.07 Å². The summed E-state index contributed by atoms with van der Waals surface area (Å²) in [6.45, 7) is 0.695. The molecule has 1 amide bonds. The molecule has 124 valence electrons. The Morgan fingerprint density at radius 2 is 2.17 bits per heavy atom. The van der Waals surface area contributed by atoms with Crippen LogP contribution in [0.3, 0.4) is 0 Å². The average Bonchev–Trinajstić information content (AvgIpc) is 2.97. The maximum absolute atomic E-state index is 12.7. The van der Waals surface area contributed by atoms with Gasteiger partial charge in [-0.25, -0.2) is 9.50 Å². The molecule has 3 heterocycles. The van der Waals surface area contributed by atoms with Crippen molar-refractivity contribution in [3.63, 3.8) is 0 Å². The molecule has 0 aliphatic carbocycles. The van der Waals surface area contributed by atoms with Crippen LogP contribution in [0.4, 0.5) is 11.4 Å². The Bertz CT molecular complexity index is 860. The minimum absolute atomic E-state index is 0. The van der Waals surface area contributed by atoms with Crippen molar-refractivity contribution in [2.45, 2.75) is 19.3 Å². The van der Waals surface area contributed by atoms with Crippen LogP contribution in [0.1, 0.15) is 17.8 Å². The Labute approximate surface area is 144 Å². The van der Waals surface area contributed by atoms with Gasteiger partial charge in [-0.05, 0) is 36.6 Å². The molecule has 2 aromatic heterocycles. The number of nitrogen functional groups attached to an aromatic ring is 1. The van der Waals surface area contributed by atoms with Crippen molar-refractivity contribution in [2.24, 2.45) is 0 Å². The summed E-state index contributed by atoms with van der Waals surface area (Å²) in [5.74, 6) is 0.954. The molecule has 1 aromatic carbocycles. The summed E-state index contributed by atoms with van der Waals surface area (Å²) in [6, 6.07) is 7.48. The molecule has 8 heteroatoms. The minimum atomic E-state index is -0.0209. The first kappa shape index (κ1) is 16.2. The van der Waals surface area contributed by atoms with Crippen molar-refractivity contribution in [2.75, 3.05) is 17.2 Å². The van der Waals surface area contributed by atoms with E-state index < -0.39 is 0 Å². The predicted molar refractivity (Wildman–Crippen MR) is 93.3 cm³/mol. The maximum atomic E-state index is 12.7. The zero-order chi connectivity index (χ0) is 15.8. The van der Waals surface area contributed by atoms with Crippen LogP contribution in [0.5, 0.6) is 0 Å². The van der Waals surface area contributed by atoms with Gasteiger partial charge in [-0.15, -0.1) is 17.5 Å². The van der Waals surface area contributed by atoms with Crippen molar-refractivity contribution < 1.29 is 4.79 Å². The number of amides is 1. The van der Waals surface area contributed by atoms with Crippen LogP contribution in [0.2, 0.25) is 0 Å². The van der Waals surface area contributed by atoms with Gasteiger partial charge < -0.3 is 10.6 Å². The molecule has 0 unspecified atom stereocenters. The highest BCUT2D eigenvalue weighted by atomic mass is 35.5. The van der Waals surface area contributed by atoms with E-state index in [1.165, 1.54) is 0 Å². The molecule has 7 nitrogen and oxygen atoms in total. The van der Waals surface area contributed by atoms with Crippen LogP contribution < -0.4 is 10.6 Å². The number of nitrogens with two attached hydrogens (primary N) is 1. The van der Waals surface area contributed by atoms with Gasteiger partial charge in [0.05, 0.1) is 6.42 Å². The van der Waals surface area contributed by atoms with E-state index in [4.69, 9.17) is 5.73 Å². The lowest BCUT2D eigenvalue weighted by molar-refractivity contribution is -0.118. The van der Waals surface area contributed by atoms with Crippen molar-refractivity contribution in [3.8, 4) is 0 Å². The third-order valence-corrected chi connectivity index (χ3v) is 4.06. The molecule has 4 rings (SSSR count). The Hall–Kier alpha value is -2.67. The molecule has 0 radical (unpaired) electrons. The van der Waals surface area contributed by atoms with E-state index in [9.17, 15) is 4.79 Å². The number of carbonyl (C=O) groups is 1. The first-order valence-electron chi connectivity index (χ1n) is 7.56. The molecule has 0 spiro atoms. The number of hydrogen-bond acceptors (Lipinski definition) is 5. The lowest BCUT2D eigenvalue weighted by Crippen LogP contribution is -2.37. The van der Waals surface area contributed by atoms with Crippen molar-refractivity contribution in [1.29, 1.82) is 0 Å². The second-order valence-electron chi connectivity index (χ2n) is 5.56. The third-order valence-electron chi connectivity index (χ3n) is 4.06. The molecular formula is C16H17ClN6O. The third kappa shape index (κ3) is 2.78. The number of benzene rings is 1. The second-order valence-corrected chi connectivity index (χ2v) is 5.56. The van der Waals surface area contributed by atoms with Gasteiger partial charge in [0.2, 0.25) is 5.91 Å². The maximum Gasteiger partial charge on any atom is 0.252 e. The Balaban J connectivity index is 0.00000169. The molecular weight excluding hydrogens is 328 g/mol. The zero-order valence-electron chi connectivity index (χ0n) is 12.9. The molecule has 3 aromatic rings. The van der Waals surface area contributed by atoms with Crippen LogP contribution in [-0.2, 0) is 17.6 Å². The number of fused-ring (bicyclic) bond motifs is 2. The number of hydrogen-bond donors (Lipinski definition) is 1. The van der Waals surface area contributed by atoms with Crippen molar-refractivity contribution in [1.82, 2.24) is 19.6 Å². The highest BCUT2D eigenvalue weighted by Gasteiger charge is 2.24. The minimum Gasteiger partial charge on any atom is -0.398 e. The summed E-state index contributed by atoms with van der Waals surface area (Å²) >= 11 is 0. The van der Waals surface area contributed by atoms with Crippen LogP contribution in [-0.4, -0.2) is 32.0 Å². The summed E-state index contributed by atoms with van der Waals surface area (Å²) in [7, 11) is 0. The van der Waals surface area contributed by atoms with E-state index in [-0.39, 0.29) is 24.7 Å². The average molecular weight is 345 g/mol. The van der Waals surface area contributed by atoms with Gasteiger partial charge in [0, 0.05) is 30.3 Å². The normalized spacial score (nSPS) is 13.4. The summed E-state index contributed by atoms with van der Waals surface area (Å²) in [4.78, 5) is 22.9. The summed E-state index contributed by atoms with van der Waals surface area (Å²) in [5.41, 5.74) is 8.74. The monoisotopic (exact) mass is 344 g/mol. The molecule has 24 heavy (non-hydrogen) atoms. The van der Waals surface area contributed by atoms with Crippen LogP contribution >= 0.6 is 12.4 Å². The Kier molecular flexibility index (Phi) is 4.35. The highest BCUT2D eigenvalue weighted by Crippen LogP contribution is 2.31. The van der Waals surface area contributed by atoms with Gasteiger partial charge in [0.15, 0.2) is 5.82 Å². The molecule has 0 saturated carbocycles. The smallest absolute Gasteiger partial charge is 0.252 e. The molecule has 0 atom stereocenters. The van der Waals surface area contributed by atoms with Crippen LogP contribution in [0.25, 0.3) is 5.78 Å². The number of carbonyl (C=O) groups excluding carboxylic acids is 1. The predicted octanol–water partition coefficient (Wildman–Crippen LogP) is 1.65. The lowest BCUT2D eigenvalue weighted by Gasteiger charge is -2.30. The van der Waals surface area contributed by atoms with Gasteiger partial charge in [0.25, 0.3) is 5.78 Å². The van der Waals surface area contributed by atoms with Gasteiger partial charge in [0.1, 0.15) is 0 Å². The topological polar surface area (TPSA) is 89.4 Å². The van der Waals surface area contributed by atoms with E-state index >= 15 is 0 Å². The van der Waals surface area contributed by atoms with E-state index in [1.54, 1.807) is 27.9 Å². The van der Waals surface area contributed by atoms with E-state index in [0.29, 0.717) is 18.1 Å². The van der Waals surface area contributed by atoms with E-state index in [2.05, 4.69) is 15.1 Å². The van der Waals surface area contributed by atoms with E-state index in [0.717, 1.165) is 29.8 Å². The van der Waals surface area contributed by atoms with Gasteiger partial charge in [-0.2, -0.15) is 4.98 Å².